The maximum atomic E-state index is 12.5. The van der Waals surface area contributed by atoms with Gasteiger partial charge in [0.1, 0.15) is 0 Å². The first-order valence-electron chi connectivity index (χ1n) is 5.73. The van der Waals surface area contributed by atoms with E-state index in [2.05, 4.69) is 0 Å². The van der Waals surface area contributed by atoms with Crippen molar-refractivity contribution in [2.24, 2.45) is 5.92 Å². The van der Waals surface area contributed by atoms with E-state index in [1.807, 2.05) is 6.92 Å². The molecule has 1 aromatic rings. The molecule has 0 aliphatic carbocycles. The van der Waals surface area contributed by atoms with Crippen molar-refractivity contribution in [3.63, 3.8) is 0 Å². The van der Waals surface area contributed by atoms with Gasteiger partial charge in [0.25, 0.3) is 0 Å². The van der Waals surface area contributed by atoms with Crippen molar-refractivity contribution in [3.8, 4) is 0 Å². The minimum absolute atomic E-state index is 0.132. The Morgan fingerprint density at radius 2 is 2.06 bits per heavy atom. The van der Waals surface area contributed by atoms with E-state index >= 15 is 0 Å². The molecule has 1 N–H and O–H groups in total. The van der Waals surface area contributed by atoms with Gasteiger partial charge in [0.2, 0.25) is 0 Å². The fourth-order valence-electron chi connectivity index (χ4n) is 1.82. The summed E-state index contributed by atoms with van der Waals surface area (Å²) in [7, 11) is 0. The first kappa shape index (κ1) is 14.5. The average molecular weight is 260 g/mol. The second-order valence-corrected chi connectivity index (χ2v) is 4.23. The van der Waals surface area contributed by atoms with Crippen molar-refractivity contribution in [1.29, 1.82) is 0 Å². The summed E-state index contributed by atoms with van der Waals surface area (Å²) in [4.78, 5) is 11.0. The van der Waals surface area contributed by atoms with Crippen LogP contribution < -0.4 is 0 Å². The maximum absolute atomic E-state index is 12.5. The molecule has 100 valence electrons. The standard InChI is InChI=1S/C13H15F3O2/c1-2-4-10(12(17)18)7-9-5-3-6-11(8-9)13(14,15)16/h3,5-6,8,10H,2,4,7H2,1H3,(H,17,18). The van der Waals surface area contributed by atoms with Crippen molar-refractivity contribution >= 4 is 5.97 Å². The summed E-state index contributed by atoms with van der Waals surface area (Å²) in [6, 6.07) is 4.84. The molecule has 5 heteroatoms. The van der Waals surface area contributed by atoms with E-state index in [0.717, 1.165) is 12.1 Å². The summed E-state index contributed by atoms with van der Waals surface area (Å²) in [6.07, 6.45) is -3.10. The number of hydrogen-bond donors (Lipinski definition) is 1. The molecule has 0 saturated heterocycles. The van der Waals surface area contributed by atoms with E-state index < -0.39 is 23.6 Å². The van der Waals surface area contributed by atoms with E-state index in [4.69, 9.17) is 5.11 Å². The largest absolute Gasteiger partial charge is 0.481 e. The zero-order chi connectivity index (χ0) is 13.8. The number of carboxylic acids is 1. The van der Waals surface area contributed by atoms with Gasteiger partial charge in [-0.1, -0.05) is 31.5 Å². The number of rotatable bonds is 5. The summed E-state index contributed by atoms with van der Waals surface area (Å²) in [5.41, 5.74) is -0.327. The monoisotopic (exact) mass is 260 g/mol. The third kappa shape index (κ3) is 4.05. The molecular formula is C13H15F3O2. The molecule has 1 aromatic carbocycles. The predicted octanol–water partition coefficient (Wildman–Crippen LogP) is 3.75. The Hall–Kier alpha value is -1.52. The second-order valence-electron chi connectivity index (χ2n) is 4.23. The molecule has 1 atom stereocenters. The van der Waals surface area contributed by atoms with Gasteiger partial charge >= 0.3 is 12.1 Å². The van der Waals surface area contributed by atoms with E-state index in [0.29, 0.717) is 18.4 Å². The minimum atomic E-state index is -4.39. The normalized spacial score (nSPS) is 13.3. The summed E-state index contributed by atoms with van der Waals surface area (Å²) < 4.78 is 37.5. The highest BCUT2D eigenvalue weighted by Gasteiger charge is 2.30. The zero-order valence-corrected chi connectivity index (χ0v) is 10.00. The first-order chi connectivity index (χ1) is 8.34. The van der Waals surface area contributed by atoms with Crippen molar-refractivity contribution in [2.45, 2.75) is 32.4 Å². The van der Waals surface area contributed by atoms with E-state index in [1.165, 1.54) is 12.1 Å². The van der Waals surface area contributed by atoms with E-state index in [1.54, 1.807) is 0 Å². The van der Waals surface area contributed by atoms with Crippen LogP contribution in [-0.4, -0.2) is 11.1 Å². The Morgan fingerprint density at radius 3 is 2.56 bits per heavy atom. The summed E-state index contributed by atoms with van der Waals surface area (Å²) in [5, 5.41) is 8.97. The summed E-state index contributed by atoms with van der Waals surface area (Å²) in [5.74, 6) is -1.59. The molecule has 0 aromatic heterocycles. The number of hydrogen-bond acceptors (Lipinski definition) is 1. The number of benzene rings is 1. The quantitative estimate of drug-likeness (QED) is 0.875. The molecular weight excluding hydrogens is 245 g/mol. The van der Waals surface area contributed by atoms with Crippen LogP contribution in [0.25, 0.3) is 0 Å². The van der Waals surface area contributed by atoms with Gasteiger partial charge in [-0.2, -0.15) is 13.2 Å². The van der Waals surface area contributed by atoms with Crippen LogP contribution in [0.3, 0.4) is 0 Å². The van der Waals surface area contributed by atoms with Gasteiger partial charge in [-0.3, -0.25) is 4.79 Å². The van der Waals surface area contributed by atoms with Crippen LogP contribution in [-0.2, 0) is 17.4 Å². The van der Waals surface area contributed by atoms with Gasteiger partial charge < -0.3 is 5.11 Å². The lowest BCUT2D eigenvalue weighted by Gasteiger charge is -2.13. The van der Waals surface area contributed by atoms with Gasteiger partial charge in [0.05, 0.1) is 11.5 Å². The minimum Gasteiger partial charge on any atom is -0.481 e. The van der Waals surface area contributed by atoms with Gasteiger partial charge in [-0.15, -0.1) is 0 Å². The third-order valence-corrected chi connectivity index (χ3v) is 2.72. The van der Waals surface area contributed by atoms with Crippen molar-refractivity contribution in [1.82, 2.24) is 0 Å². The number of alkyl halides is 3. The Kier molecular flexibility index (Phi) is 4.76. The second kappa shape index (κ2) is 5.89. The van der Waals surface area contributed by atoms with Crippen LogP contribution in [0.1, 0.15) is 30.9 Å². The molecule has 0 radical (unpaired) electrons. The lowest BCUT2D eigenvalue weighted by atomic mass is 9.94. The molecule has 2 nitrogen and oxygen atoms in total. The van der Waals surface area contributed by atoms with Crippen LogP contribution >= 0.6 is 0 Å². The maximum Gasteiger partial charge on any atom is 0.416 e. The third-order valence-electron chi connectivity index (χ3n) is 2.72. The van der Waals surface area contributed by atoms with E-state index in [9.17, 15) is 18.0 Å². The Balaban J connectivity index is 2.87. The molecule has 1 unspecified atom stereocenters. The smallest absolute Gasteiger partial charge is 0.416 e. The highest BCUT2D eigenvalue weighted by molar-refractivity contribution is 5.70. The molecule has 0 amide bonds. The van der Waals surface area contributed by atoms with Crippen molar-refractivity contribution in [2.75, 3.05) is 0 Å². The highest BCUT2D eigenvalue weighted by Crippen LogP contribution is 2.30. The Morgan fingerprint density at radius 1 is 1.39 bits per heavy atom. The van der Waals surface area contributed by atoms with Gasteiger partial charge in [0, 0.05) is 0 Å². The molecule has 0 saturated carbocycles. The molecule has 0 aliphatic rings. The van der Waals surface area contributed by atoms with Crippen LogP contribution in [0.5, 0.6) is 0 Å². The van der Waals surface area contributed by atoms with Crippen molar-refractivity contribution in [3.05, 3.63) is 35.4 Å². The average Bonchev–Trinajstić information content (AvgIpc) is 2.27. The highest BCUT2D eigenvalue weighted by atomic mass is 19.4. The molecule has 0 spiro atoms. The molecule has 0 heterocycles. The van der Waals surface area contributed by atoms with Gasteiger partial charge in [-0.25, -0.2) is 0 Å². The fraction of sp³-hybridized carbons (Fsp3) is 0.462. The van der Waals surface area contributed by atoms with Crippen LogP contribution in [0.2, 0.25) is 0 Å². The first-order valence-corrected chi connectivity index (χ1v) is 5.73. The molecule has 0 bridgehead atoms. The van der Waals surface area contributed by atoms with Crippen LogP contribution in [0.4, 0.5) is 13.2 Å². The van der Waals surface area contributed by atoms with Crippen LogP contribution in [0.15, 0.2) is 24.3 Å². The zero-order valence-electron chi connectivity index (χ0n) is 10.00. The number of carbonyl (C=O) groups is 1. The Labute approximate surface area is 103 Å². The molecule has 1 rings (SSSR count). The molecule has 0 fully saturated rings. The van der Waals surface area contributed by atoms with E-state index in [-0.39, 0.29) is 6.42 Å². The summed E-state index contributed by atoms with van der Waals surface area (Å²) in [6.45, 7) is 1.85. The number of carboxylic acid groups (broad SMARTS) is 1. The number of aliphatic carboxylic acids is 1. The van der Waals surface area contributed by atoms with Gasteiger partial charge in [-0.05, 0) is 24.5 Å². The van der Waals surface area contributed by atoms with Gasteiger partial charge in [0.15, 0.2) is 0 Å². The Bertz CT molecular complexity index is 413. The van der Waals surface area contributed by atoms with Crippen molar-refractivity contribution < 1.29 is 23.1 Å². The predicted molar refractivity (Wildman–Crippen MR) is 61.2 cm³/mol. The SMILES string of the molecule is CCCC(Cc1cccc(C(F)(F)F)c1)C(=O)O. The number of halogens is 3. The fourth-order valence-corrected chi connectivity index (χ4v) is 1.82. The summed E-state index contributed by atoms with van der Waals surface area (Å²) >= 11 is 0. The molecule has 0 aliphatic heterocycles. The lowest BCUT2D eigenvalue weighted by molar-refractivity contribution is -0.142. The topological polar surface area (TPSA) is 37.3 Å². The lowest BCUT2D eigenvalue weighted by Crippen LogP contribution is -2.16. The molecule has 18 heavy (non-hydrogen) atoms. The van der Waals surface area contributed by atoms with Crippen LogP contribution in [0, 0.1) is 5.92 Å².